The number of hydrogen-bond donors (Lipinski definition) is 7. The van der Waals surface area contributed by atoms with Gasteiger partial charge < -0.3 is 25.5 Å². The molecule has 0 aromatic heterocycles. The highest BCUT2D eigenvalue weighted by Crippen LogP contribution is 2.03. The molecule has 0 heterocycles. The van der Waals surface area contributed by atoms with E-state index in [9.17, 15) is 20.1 Å². The molecule has 100 valence electrons. The minimum absolute atomic E-state index is 0.0954. The molecule has 0 aromatic rings. The molecular weight excluding hydrogens is 252 g/mol. The quantitative estimate of drug-likeness (QED) is 0.145. The van der Waals surface area contributed by atoms with Gasteiger partial charge in [0.15, 0.2) is 0 Å². The average molecular weight is 268 g/mol. The first kappa shape index (κ1) is 16.3. The molecule has 0 unspecified atom stereocenters. The summed E-state index contributed by atoms with van der Waals surface area (Å²) in [7, 11) is 0. The zero-order chi connectivity index (χ0) is 13.4. The van der Waals surface area contributed by atoms with E-state index in [1.165, 1.54) is 0 Å². The Morgan fingerprint density at radius 2 is 1.88 bits per heavy atom. The van der Waals surface area contributed by atoms with Gasteiger partial charge in [0.25, 0.3) is 0 Å². The number of carbonyl (C=O) groups is 1. The van der Waals surface area contributed by atoms with E-state index in [-0.39, 0.29) is 5.75 Å². The van der Waals surface area contributed by atoms with Gasteiger partial charge in [0.05, 0.1) is 18.6 Å². The number of aliphatic hydroxyl groups excluding tert-OH is 5. The van der Waals surface area contributed by atoms with E-state index in [1.807, 2.05) is 5.43 Å². The normalized spacial score (nSPS) is 18.7. The lowest BCUT2D eigenvalue weighted by Gasteiger charge is -2.23. The molecule has 4 atom stereocenters. The fraction of sp³-hybridized carbons (Fsp3) is 0.750. The first-order valence-corrected chi connectivity index (χ1v) is 5.33. The van der Waals surface area contributed by atoms with Gasteiger partial charge in [-0.15, -0.1) is 0 Å². The minimum atomic E-state index is -1.74. The summed E-state index contributed by atoms with van der Waals surface area (Å²) in [6.07, 6.45) is -5.89. The Morgan fingerprint density at radius 3 is 2.35 bits per heavy atom. The van der Waals surface area contributed by atoms with E-state index < -0.39 is 36.9 Å². The molecule has 6 N–H and O–H groups in total. The van der Waals surface area contributed by atoms with Crippen molar-refractivity contribution in [3.05, 3.63) is 0 Å². The Hall–Kier alpha value is -0.710. The van der Waals surface area contributed by atoms with Crippen molar-refractivity contribution in [3.8, 4) is 0 Å². The van der Waals surface area contributed by atoms with Crippen LogP contribution < -0.4 is 5.43 Å². The van der Waals surface area contributed by atoms with Crippen LogP contribution in [0.1, 0.15) is 0 Å². The summed E-state index contributed by atoms with van der Waals surface area (Å²) in [5, 5.41) is 48.7. The second-order valence-electron chi connectivity index (χ2n) is 3.19. The summed E-state index contributed by atoms with van der Waals surface area (Å²) >= 11 is 3.65. The van der Waals surface area contributed by atoms with Crippen molar-refractivity contribution in [2.75, 3.05) is 12.4 Å². The van der Waals surface area contributed by atoms with Gasteiger partial charge in [0.1, 0.15) is 24.4 Å². The Kier molecular flexibility index (Phi) is 8.04. The van der Waals surface area contributed by atoms with Crippen molar-refractivity contribution >= 4 is 24.8 Å². The molecule has 0 rings (SSSR count). The van der Waals surface area contributed by atoms with Crippen LogP contribution in [0.4, 0.5) is 0 Å². The molecule has 0 aromatic carbocycles. The van der Waals surface area contributed by atoms with Gasteiger partial charge in [0.2, 0.25) is 5.91 Å². The molecule has 0 spiro atoms. The third-order valence-electron chi connectivity index (χ3n) is 1.84. The molecule has 0 aliphatic heterocycles. The first-order valence-electron chi connectivity index (χ1n) is 4.70. The van der Waals surface area contributed by atoms with Crippen LogP contribution in [-0.2, 0) is 4.79 Å². The van der Waals surface area contributed by atoms with E-state index in [0.717, 1.165) is 6.21 Å². The molecule has 0 bridgehead atoms. The number of aliphatic hydroxyl groups is 5. The number of thiol groups is 1. The number of nitrogens with one attached hydrogen (secondary N) is 1. The summed E-state index contributed by atoms with van der Waals surface area (Å²) < 4.78 is 0. The maximum absolute atomic E-state index is 10.7. The van der Waals surface area contributed by atoms with Gasteiger partial charge in [-0.25, -0.2) is 5.43 Å². The lowest BCUT2D eigenvalue weighted by Crippen LogP contribution is -2.46. The molecule has 8 nitrogen and oxygen atoms in total. The van der Waals surface area contributed by atoms with Crippen LogP contribution in [0.25, 0.3) is 0 Å². The smallest absolute Gasteiger partial charge is 0.249 e. The zero-order valence-electron chi connectivity index (χ0n) is 8.84. The zero-order valence-corrected chi connectivity index (χ0v) is 9.73. The maximum atomic E-state index is 10.7. The highest BCUT2D eigenvalue weighted by atomic mass is 32.1. The molecular formula is C8H16N2O6S. The van der Waals surface area contributed by atoms with Crippen molar-refractivity contribution in [1.29, 1.82) is 0 Å². The van der Waals surface area contributed by atoms with E-state index in [2.05, 4.69) is 17.7 Å². The van der Waals surface area contributed by atoms with Crippen molar-refractivity contribution in [2.24, 2.45) is 5.10 Å². The fourth-order valence-electron chi connectivity index (χ4n) is 0.847. The van der Waals surface area contributed by atoms with Gasteiger partial charge in [-0.2, -0.15) is 17.7 Å². The topological polar surface area (TPSA) is 143 Å². The van der Waals surface area contributed by atoms with Gasteiger partial charge in [-0.05, 0) is 0 Å². The standard InChI is InChI=1S/C8H16N2O6S/c11-2-5(13)8(16)7(15)4(12)1-9-10-6(14)3-17/h1,4-5,7-8,11-13,15-17H,2-3H2,(H,10,14)/t4-,5-,7-,8-/m1/s1. The average Bonchev–Trinajstić information content (AvgIpc) is 2.35. The number of carbonyl (C=O) groups excluding carboxylic acids is 1. The summed E-state index contributed by atoms with van der Waals surface area (Å²) in [5.41, 5.74) is 1.99. The monoisotopic (exact) mass is 268 g/mol. The molecule has 1 amide bonds. The molecule has 0 saturated carbocycles. The Bertz CT molecular complexity index is 264. The van der Waals surface area contributed by atoms with Crippen LogP contribution in [0.15, 0.2) is 5.10 Å². The van der Waals surface area contributed by atoms with Crippen LogP contribution >= 0.6 is 12.6 Å². The predicted molar refractivity (Wildman–Crippen MR) is 61.6 cm³/mol. The van der Waals surface area contributed by atoms with Crippen molar-refractivity contribution in [1.82, 2.24) is 5.43 Å². The molecule has 17 heavy (non-hydrogen) atoms. The van der Waals surface area contributed by atoms with Crippen molar-refractivity contribution in [2.45, 2.75) is 24.4 Å². The highest BCUT2D eigenvalue weighted by molar-refractivity contribution is 7.81. The number of hydrogen-bond acceptors (Lipinski definition) is 8. The number of nitrogens with zero attached hydrogens (tertiary/aromatic N) is 1. The van der Waals surface area contributed by atoms with Crippen molar-refractivity contribution in [3.63, 3.8) is 0 Å². The van der Waals surface area contributed by atoms with Crippen LogP contribution in [0.5, 0.6) is 0 Å². The molecule has 0 saturated heterocycles. The summed E-state index contributed by atoms with van der Waals surface area (Å²) in [6.45, 7) is -0.765. The SMILES string of the molecule is O=C(CS)NN=C[C@@H](O)[C@@H](O)[C@H](O)[C@H](O)CO. The van der Waals surface area contributed by atoms with Gasteiger partial charge >= 0.3 is 0 Å². The van der Waals surface area contributed by atoms with E-state index in [1.54, 1.807) is 0 Å². The molecule has 0 aliphatic carbocycles. The summed E-state index contributed by atoms with van der Waals surface area (Å²) in [4.78, 5) is 10.7. The van der Waals surface area contributed by atoms with Crippen LogP contribution in [0.3, 0.4) is 0 Å². The number of hydrazone groups is 1. The van der Waals surface area contributed by atoms with Gasteiger partial charge in [-0.3, -0.25) is 4.79 Å². The molecule has 9 heteroatoms. The highest BCUT2D eigenvalue weighted by Gasteiger charge is 2.29. The third kappa shape index (κ3) is 5.96. The summed E-state index contributed by atoms with van der Waals surface area (Å²) in [6, 6.07) is 0. The summed E-state index contributed by atoms with van der Waals surface area (Å²) in [5.74, 6) is -0.607. The largest absolute Gasteiger partial charge is 0.394 e. The predicted octanol–water partition coefficient (Wildman–Crippen LogP) is -3.55. The number of amides is 1. The van der Waals surface area contributed by atoms with E-state index in [0.29, 0.717) is 0 Å². The van der Waals surface area contributed by atoms with Crippen LogP contribution in [0.2, 0.25) is 0 Å². The lowest BCUT2D eigenvalue weighted by atomic mass is 10.0. The second-order valence-corrected chi connectivity index (χ2v) is 3.51. The molecule has 0 aliphatic rings. The van der Waals surface area contributed by atoms with E-state index in [4.69, 9.17) is 10.2 Å². The Labute approximate surface area is 103 Å². The van der Waals surface area contributed by atoms with Gasteiger partial charge in [0, 0.05) is 0 Å². The Morgan fingerprint density at radius 1 is 1.29 bits per heavy atom. The maximum Gasteiger partial charge on any atom is 0.249 e. The van der Waals surface area contributed by atoms with Crippen LogP contribution in [0, 0.1) is 0 Å². The van der Waals surface area contributed by atoms with Crippen molar-refractivity contribution < 1.29 is 30.3 Å². The molecule has 0 radical (unpaired) electrons. The van der Waals surface area contributed by atoms with Crippen LogP contribution in [-0.4, -0.2) is 74.4 Å². The minimum Gasteiger partial charge on any atom is -0.394 e. The first-order chi connectivity index (χ1) is 7.93. The molecule has 0 fully saturated rings. The van der Waals surface area contributed by atoms with E-state index >= 15 is 0 Å². The lowest BCUT2D eigenvalue weighted by molar-refractivity contribution is -0.118. The second kappa shape index (κ2) is 8.39. The Balaban J connectivity index is 4.21. The van der Waals surface area contributed by atoms with Gasteiger partial charge in [-0.1, -0.05) is 0 Å². The number of rotatable bonds is 7. The fourth-order valence-corrected chi connectivity index (χ4v) is 0.918. The third-order valence-corrected chi connectivity index (χ3v) is 2.13.